The van der Waals surface area contributed by atoms with E-state index in [4.69, 9.17) is 0 Å². The Morgan fingerprint density at radius 1 is 1.05 bits per heavy atom. The van der Waals surface area contributed by atoms with Gasteiger partial charge in [0, 0.05) is 6.20 Å². The van der Waals surface area contributed by atoms with Crippen molar-refractivity contribution in [2.75, 3.05) is 5.32 Å². The standard InChI is InChI=1S/C9H4F8N2O/c10-7(11,9(15,16)17)6(20)19-5-3-18-2-1-4(5)8(12,13)14/h1-3H,(H,19,20). The second-order valence-electron chi connectivity index (χ2n) is 3.45. The Balaban J connectivity index is 3.10. The van der Waals surface area contributed by atoms with E-state index in [1.54, 1.807) is 0 Å². The van der Waals surface area contributed by atoms with Gasteiger partial charge in [0.1, 0.15) is 0 Å². The number of nitrogens with one attached hydrogen (secondary N) is 1. The number of anilines is 1. The smallest absolute Gasteiger partial charge is 0.319 e. The van der Waals surface area contributed by atoms with Crippen LogP contribution in [0, 0.1) is 0 Å². The van der Waals surface area contributed by atoms with Crippen LogP contribution in [0.5, 0.6) is 0 Å². The lowest BCUT2D eigenvalue weighted by Gasteiger charge is -2.20. The maximum Gasteiger partial charge on any atom is 0.463 e. The van der Waals surface area contributed by atoms with Crippen LogP contribution in [-0.4, -0.2) is 23.0 Å². The first-order chi connectivity index (χ1) is 8.87. The van der Waals surface area contributed by atoms with E-state index in [1.807, 2.05) is 0 Å². The number of hydrogen-bond acceptors (Lipinski definition) is 2. The summed E-state index contributed by atoms with van der Waals surface area (Å²) in [4.78, 5) is 13.9. The second-order valence-corrected chi connectivity index (χ2v) is 3.45. The van der Waals surface area contributed by atoms with Gasteiger partial charge in [0.25, 0.3) is 0 Å². The van der Waals surface area contributed by atoms with Crippen molar-refractivity contribution in [3.63, 3.8) is 0 Å². The summed E-state index contributed by atoms with van der Waals surface area (Å²) in [5, 5.41) is 0.872. The maximum absolute atomic E-state index is 12.6. The molecule has 1 N–H and O–H groups in total. The molecule has 3 nitrogen and oxygen atoms in total. The number of amides is 1. The molecule has 112 valence electrons. The number of aromatic nitrogens is 1. The summed E-state index contributed by atoms with van der Waals surface area (Å²) in [7, 11) is 0. The summed E-state index contributed by atoms with van der Waals surface area (Å²) in [6, 6.07) is 0.321. The van der Waals surface area contributed by atoms with Crippen LogP contribution in [0.25, 0.3) is 0 Å². The van der Waals surface area contributed by atoms with Crippen molar-refractivity contribution in [2.45, 2.75) is 18.3 Å². The Kier molecular flexibility index (Phi) is 3.92. The van der Waals surface area contributed by atoms with Crippen LogP contribution in [0.4, 0.5) is 40.8 Å². The molecule has 11 heteroatoms. The van der Waals surface area contributed by atoms with Gasteiger partial charge in [-0.1, -0.05) is 0 Å². The van der Waals surface area contributed by atoms with Crippen LogP contribution in [0.3, 0.4) is 0 Å². The van der Waals surface area contributed by atoms with E-state index in [2.05, 4.69) is 4.98 Å². The van der Waals surface area contributed by atoms with Crippen LogP contribution < -0.4 is 5.32 Å². The number of carbonyl (C=O) groups is 1. The average Bonchev–Trinajstić information content (AvgIpc) is 2.26. The highest BCUT2D eigenvalue weighted by atomic mass is 19.4. The highest BCUT2D eigenvalue weighted by molar-refractivity contribution is 5.97. The molecule has 0 saturated heterocycles. The quantitative estimate of drug-likeness (QED) is 0.852. The molecule has 1 aromatic heterocycles. The Hall–Kier alpha value is -1.94. The molecular weight excluding hydrogens is 304 g/mol. The van der Waals surface area contributed by atoms with Gasteiger partial charge in [-0.2, -0.15) is 35.1 Å². The van der Waals surface area contributed by atoms with Crippen molar-refractivity contribution < 1.29 is 39.9 Å². The molecule has 1 aromatic rings. The van der Waals surface area contributed by atoms with Crippen LogP contribution in [0.1, 0.15) is 5.56 Å². The molecule has 0 aliphatic heterocycles. The minimum absolute atomic E-state index is 0.313. The fourth-order valence-corrected chi connectivity index (χ4v) is 1.07. The summed E-state index contributed by atoms with van der Waals surface area (Å²) < 4.78 is 98.1. The van der Waals surface area contributed by atoms with Crippen molar-refractivity contribution in [1.29, 1.82) is 0 Å². The molecule has 0 aliphatic rings. The van der Waals surface area contributed by atoms with Crippen molar-refractivity contribution >= 4 is 11.6 Å². The Morgan fingerprint density at radius 3 is 2.05 bits per heavy atom. The Labute approximate surface area is 105 Å². The molecule has 0 saturated carbocycles. The molecule has 0 aliphatic carbocycles. The Bertz CT molecular complexity index is 507. The fourth-order valence-electron chi connectivity index (χ4n) is 1.07. The normalized spacial score (nSPS) is 13.2. The number of carbonyl (C=O) groups excluding carboxylic acids is 1. The summed E-state index contributed by atoms with van der Waals surface area (Å²) in [6.45, 7) is 0. The zero-order valence-electron chi connectivity index (χ0n) is 9.11. The molecule has 0 aromatic carbocycles. The van der Waals surface area contributed by atoms with Gasteiger partial charge in [0.2, 0.25) is 0 Å². The lowest BCUT2D eigenvalue weighted by atomic mass is 10.2. The third-order valence-corrected chi connectivity index (χ3v) is 2.02. The predicted octanol–water partition coefficient (Wildman–Crippen LogP) is 3.24. The number of rotatable bonds is 2. The number of nitrogens with zero attached hydrogens (tertiary/aromatic N) is 1. The van der Waals surface area contributed by atoms with Gasteiger partial charge in [-0.05, 0) is 6.07 Å². The van der Waals surface area contributed by atoms with E-state index in [9.17, 15) is 39.9 Å². The number of halogens is 8. The molecule has 20 heavy (non-hydrogen) atoms. The number of alkyl halides is 8. The molecule has 0 fully saturated rings. The first kappa shape index (κ1) is 16.1. The fraction of sp³-hybridized carbons (Fsp3) is 0.333. The van der Waals surface area contributed by atoms with Crippen molar-refractivity contribution in [3.05, 3.63) is 24.0 Å². The second kappa shape index (κ2) is 4.87. The number of pyridine rings is 1. The van der Waals surface area contributed by atoms with Crippen molar-refractivity contribution in [1.82, 2.24) is 4.98 Å². The highest BCUT2D eigenvalue weighted by Crippen LogP contribution is 2.38. The van der Waals surface area contributed by atoms with Crippen LogP contribution in [0.2, 0.25) is 0 Å². The molecular formula is C9H4F8N2O. The lowest BCUT2D eigenvalue weighted by molar-refractivity contribution is -0.267. The summed E-state index contributed by atoms with van der Waals surface area (Å²) in [5.74, 6) is -8.75. The van der Waals surface area contributed by atoms with E-state index in [1.165, 1.54) is 0 Å². The van der Waals surface area contributed by atoms with E-state index in [0.29, 0.717) is 18.5 Å². The van der Waals surface area contributed by atoms with Gasteiger partial charge >= 0.3 is 24.2 Å². The minimum Gasteiger partial charge on any atom is -0.319 e. The third kappa shape index (κ3) is 3.14. The molecule has 0 unspecified atom stereocenters. The molecule has 0 radical (unpaired) electrons. The van der Waals surface area contributed by atoms with Gasteiger partial charge in [0.05, 0.1) is 17.4 Å². The van der Waals surface area contributed by atoms with Gasteiger partial charge in [-0.15, -0.1) is 0 Å². The zero-order chi connectivity index (χ0) is 15.8. The molecule has 0 spiro atoms. The summed E-state index contributed by atoms with van der Waals surface area (Å²) in [5.41, 5.74) is -2.90. The Morgan fingerprint density at radius 2 is 1.60 bits per heavy atom. The third-order valence-electron chi connectivity index (χ3n) is 2.02. The maximum atomic E-state index is 12.6. The molecule has 1 rings (SSSR count). The summed E-state index contributed by atoms with van der Waals surface area (Å²) in [6.07, 6.45) is -10.3. The van der Waals surface area contributed by atoms with E-state index in [-0.39, 0.29) is 0 Å². The molecule has 0 bridgehead atoms. The minimum atomic E-state index is -6.22. The molecule has 1 heterocycles. The van der Waals surface area contributed by atoms with Crippen LogP contribution in [-0.2, 0) is 11.0 Å². The van der Waals surface area contributed by atoms with Crippen molar-refractivity contribution in [3.8, 4) is 0 Å². The van der Waals surface area contributed by atoms with Crippen molar-refractivity contribution in [2.24, 2.45) is 0 Å². The van der Waals surface area contributed by atoms with E-state index in [0.717, 1.165) is 5.32 Å². The first-order valence-electron chi connectivity index (χ1n) is 4.64. The van der Waals surface area contributed by atoms with E-state index >= 15 is 0 Å². The zero-order valence-corrected chi connectivity index (χ0v) is 9.11. The van der Waals surface area contributed by atoms with Gasteiger partial charge in [-0.25, -0.2) is 0 Å². The number of hydrogen-bond donors (Lipinski definition) is 1. The monoisotopic (exact) mass is 308 g/mol. The SMILES string of the molecule is O=C(Nc1cnccc1C(F)(F)F)C(F)(F)C(F)(F)F. The van der Waals surface area contributed by atoms with E-state index < -0.39 is 35.4 Å². The lowest BCUT2D eigenvalue weighted by Crippen LogP contribution is -2.47. The summed E-state index contributed by atoms with van der Waals surface area (Å²) >= 11 is 0. The molecule has 1 amide bonds. The van der Waals surface area contributed by atoms with Gasteiger partial charge in [-0.3, -0.25) is 9.78 Å². The highest BCUT2D eigenvalue weighted by Gasteiger charge is 2.63. The van der Waals surface area contributed by atoms with Crippen LogP contribution in [0.15, 0.2) is 18.5 Å². The predicted molar refractivity (Wildman–Crippen MR) is 48.9 cm³/mol. The van der Waals surface area contributed by atoms with Gasteiger partial charge in [0.15, 0.2) is 0 Å². The molecule has 0 atom stereocenters. The average molecular weight is 308 g/mol. The van der Waals surface area contributed by atoms with Gasteiger partial charge < -0.3 is 5.32 Å². The van der Waals surface area contributed by atoms with Crippen LogP contribution >= 0.6 is 0 Å². The topological polar surface area (TPSA) is 42.0 Å². The largest absolute Gasteiger partial charge is 0.463 e. The first-order valence-corrected chi connectivity index (χ1v) is 4.64.